The first-order valence-corrected chi connectivity index (χ1v) is 4.24. The number of anilines is 1. The molecule has 0 saturated carbocycles. The van der Waals surface area contributed by atoms with Crippen LogP contribution in [0, 0.1) is 0 Å². The first-order chi connectivity index (χ1) is 5.63. The molecule has 2 nitrogen and oxygen atoms in total. The van der Waals surface area contributed by atoms with E-state index >= 15 is 0 Å². The fourth-order valence-corrected chi connectivity index (χ4v) is 1.26. The number of pyridine rings is 1. The van der Waals surface area contributed by atoms with Crippen molar-refractivity contribution in [2.75, 3.05) is 19.0 Å². The lowest BCUT2D eigenvalue weighted by molar-refractivity contribution is 0.854. The zero-order valence-corrected chi connectivity index (χ0v) is 8.20. The Morgan fingerprint density at radius 2 is 2.00 bits per heavy atom. The summed E-state index contributed by atoms with van der Waals surface area (Å²) in [4.78, 5) is 6.21. The van der Waals surface area contributed by atoms with E-state index in [4.69, 9.17) is 0 Å². The molecule has 0 unspecified atom stereocenters. The van der Waals surface area contributed by atoms with E-state index in [-0.39, 0.29) is 0 Å². The minimum atomic E-state index is 0.561. The molecule has 2 heteroatoms. The summed E-state index contributed by atoms with van der Waals surface area (Å²) in [5.74, 6) is 0.561. The number of rotatable bonds is 2. The molecule has 1 aromatic heterocycles. The van der Waals surface area contributed by atoms with Crippen molar-refractivity contribution in [3.8, 4) is 0 Å². The molecule has 0 amide bonds. The van der Waals surface area contributed by atoms with Crippen LogP contribution in [0.4, 0.5) is 5.69 Å². The molecule has 1 heterocycles. The highest BCUT2D eigenvalue weighted by Crippen LogP contribution is 2.24. The predicted molar refractivity (Wildman–Crippen MR) is 52.7 cm³/mol. The molecule has 66 valence electrons. The van der Waals surface area contributed by atoms with Crippen LogP contribution < -0.4 is 4.90 Å². The van der Waals surface area contributed by atoms with Crippen molar-refractivity contribution < 1.29 is 0 Å². The third-order valence-corrected chi connectivity index (χ3v) is 1.94. The van der Waals surface area contributed by atoms with E-state index in [2.05, 4.69) is 29.8 Å². The summed E-state index contributed by atoms with van der Waals surface area (Å²) < 4.78 is 0. The zero-order chi connectivity index (χ0) is 9.14. The molecule has 0 saturated heterocycles. The Labute approximate surface area is 74.2 Å². The van der Waals surface area contributed by atoms with Crippen molar-refractivity contribution in [3.63, 3.8) is 0 Å². The SMILES string of the molecule is CC(C)c1ccncc1N(C)C. The summed E-state index contributed by atoms with van der Waals surface area (Å²) in [6, 6.07) is 2.08. The quantitative estimate of drug-likeness (QED) is 0.666. The normalized spacial score (nSPS) is 10.4. The second-order valence-corrected chi connectivity index (χ2v) is 3.48. The Bertz CT molecular complexity index is 227. The van der Waals surface area contributed by atoms with Crippen LogP contribution in [0.1, 0.15) is 25.3 Å². The molecule has 0 spiro atoms. The number of hydrogen-bond donors (Lipinski definition) is 0. The van der Waals surface area contributed by atoms with Crippen molar-refractivity contribution >= 4 is 5.69 Å². The number of nitrogens with zero attached hydrogens (tertiary/aromatic N) is 2. The standard InChI is InChI=1S/C10H16N2/c1-8(2)9-5-6-11-7-10(9)12(3)4/h5-8H,1-4H3. The summed E-state index contributed by atoms with van der Waals surface area (Å²) in [6.07, 6.45) is 3.76. The van der Waals surface area contributed by atoms with Gasteiger partial charge in [0.05, 0.1) is 11.9 Å². The molecule has 0 N–H and O–H groups in total. The van der Waals surface area contributed by atoms with Crippen molar-refractivity contribution in [2.24, 2.45) is 0 Å². The summed E-state index contributed by atoms with van der Waals surface area (Å²) in [6.45, 7) is 4.39. The van der Waals surface area contributed by atoms with Crippen molar-refractivity contribution in [1.82, 2.24) is 4.98 Å². The highest BCUT2D eigenvalue weighted by Gasteiger charge is 2.06. The monoisotopic (exact) mass is 164 g/mol. The van der Waals surface area contributed by atoms with Crippen LogP contribution in [0.5, 0.6) is 0 Å². The van der Waals surface area contributed by atoms with Gasteiger partial charge in [0.25, 0.3) is 0 Å². The maximum absolute atomic E-state index is 4.11. The second-order valence-electron chi connectivity index (χ2n) is 3.48. The molecule has 0 aromatic carbocycles. The average Bonchev–Trinajstić information content (AvgIpc) is 2.04. The first kappa shape index (κ1) is 9.04. The van der Waals surface area contributed by atoms with E-state index in [1.54, 1.807) is 0 Å². The molecule has 0 radical (unpaired) electrons. The van der Waals surface area contributed by atoms with Crippen LogP contribution in [-0.4, -0.2) is 19.1 Å². The van der Waals surface area contributed by atoms with Crippen LogP contribution in [0.2, 0.25) is 0 Å². The van der Waals surface area contributed by atoms with Gasteiger partial charge in [0.15, 0.2) is 0 Å². The summed E-state index contributed by atoms with van der Waals surface area (Å²) >= 11 is 0. The largest absolute Gasteiger partial charge is 0.376 e. The minimum absolute atomic E-state index is 0.561. The Balaban J connectivity index is 3.09. The third-order valence-electron chi connectivity index (χ3n) is 1.94. The highest BCUT2D eigenvalue weighted by atomic mass is 15.1. The summed E-state index contributed by atoms with van der Waals surface area (Å²) in [5.41, 5.74) is 2.57. The summed E-state index contributed by atoms with van der Waals surface area (Å²) in [5, 5.41) is 0. The van der Waals surface area contributed by atoms with Gasteiger partial charge in [-0.25, -0.2) is 0 Å². The van der Waals surface area contributed by atoms with Crippen LogP contribution in [0.15, 0.2) is 18.5 Å². The lowest BCUT2D eigenvalue weighted by Crippen LogP contribution is -2.12. The van der Waals surface area contributed by atoms with Gasteiger partial charge < -0.3 is 4.90 Å². The molecule has 0 aliphatic carbocycles. The maximum atomic E-state index is 4.11. The van der Waals surface area contributed by atoms with E-state index in [9.17, 15) is 0 Å². The van der Waals surface area contributed by atoms with E-state index in [1.165, 1.54) is 11.3 Å². The molecular weight excluding hydrogens is 148 g/mol. The average molecular weight is 164 g/mol. The molecular formula is C10H16N2. The Morgan fingerprint density at radius 1 is 1.33 bits per heavy atom. The van der Waals surface area contributed by atoms with Gasteiger partial charge in [0.1, 0.15) is 0 Å². The molecule has 12 heavy (non-hydrogen) atoms. The molecule has 0 atom stereocenters. The van der Waals surface area contributed by atoms with E-state index in [0.717, 1.165) is 0 Å². The first-order valence-electron chi connectivity index (χ1n) is 4.24. The van der Waals surface area contributed by atoms with Crippen LogP contribution in [0.25, 0.3) is 0 Å². The molecule has 0 aliphatic heterocycles. The maximum Gasteiger partial charge on any atom is 0.0582 e. The lowest BCUT2D eigenvalue weighted by Gasteiger charge is -2.18. The molecule has 0 aliphatic rings. The second kappa shape index (κ2) is 3.57. The van der Waals surface area contributed by atoms with Gasteiger partial charge in [-0.05, 0) is 17.5 Å². The summed E-state index contributed by atoms with van der Waals surface area (Å²) in [7, 11) is 4.09. The molecule has 0 bridgehead atoms. The van der Waals surface area contributed by atoms with E-state index in [1.807, 2.05) is 26.5 Å². The minimum Gasteiger partial charge on any atom is -0.376 e. The lowest BCUT2D eigenvalue weighted by atomic mass is 10.0. The molecule has 0 fully saturated rings. The third kappa shape index (κ3) is 1.76. The van der Waals surface area contributed by atoms with Gasteiger partial charge in [-0.15, -0.1) is 0 Å². The van der Waals surface area contributed by atoms with Crippen molar-refractivity contribution in [1.29, 1.82) is 0 Å². The van der Waals surface area contributed by atoms with Crippen molar-refractivity contribution in [3.05, 3.63) is 24.0 Å². The molecule has 1 aromatic rings. The fourth-order valence-electron chi connectivity index (χ4n) is 1.26. The van der Waals surface area contributed by atoms with Gasteiger partial charge in [0.2, 0.25) is 0 Å². The molecule has 1 rings (SSSR count). The Kier molecular flexibility index (Phi) is 2.69. The van der Waals surface area contributed by atoms with Gasteiger partial charge >= 0.3 is 0 Å². The number of aromatic nitrogens is 1. The zero-order valence-electron chi connectivity index (χ0n) is 8.20. The van der Waals surface area contributed by atoms with Crippen LogP contribution in [0.3, 0.4) is 0 Å². The van der Waals surface area contributed by atoms with Gasteiger partial charge in [-0.3, -0.25) is 4.98 Å². The number of hydrogen-bond acceptors (Lipinski definition) is 2. The smallest absolute Gasteiger partial charge is 0.0582 e. The van der Waals surface area contributed by atoms with Gasteiger partial charge in [0, 0.05) is 20.3 Å². The fraction of sp³-hybridized carbons (Fsp3) is 0.500. The van der Waals surface area contributed by atoms with Gasteiger partial charge in [-0.1, -0.05) is 13.8 Å². The topological polar surface area (TPSA) is 16.1 Å². The van der Waals surface area contributed by atoms with Gasteiger partial charge in [-0.2, -0.15) is 0 Å². The predicted octanol–water partition coefficient (Wildman–Crippen LogP) is 2.27. The van der Waals surface area contributed by atoms with E-state index in [0.29, 0.717) is 5.92 Å². The Hall–Kier alpha value is -1.05. The highest BCUT2D eigenvalue weighted by molar-refractivity contribution is 5.51. The van der Waals surface area contributed by atoms with Crippen molar-refractivity contribution in [2.45, 2.75) is 19.8 Å². The van der Waals surface area contributed by atoms with Crippen LogP contribution >= 0.6 is 0 Å². The Morgan fingerprint density at radius 3 is 2.42 bits per heavy atom. The van der Waals surface area contributed by atoms with E-state index < -0.39 is 0 Å². The van der Waals surface area contributed by atoms with Crippen LogP contribution in [-0.2, 0) is 0 Å².